The summed E-state index contributed by atoms with van der Waals surface area (Å²) < 4.78 is 54.3. The average molecular weight is 341 g/mol. The van der Waals surface area contributed by atoms with Gasteiger partial charge >= 0.3 is 6.61 Å². The van der Waals surface area contributed by atoms with Crippen LogP contribution in [0.15, 0.2) is 53.4 Å². The van der Waals surface area contributed by atoms with Gasteiger partial charge in [0, 0.05) is 12.1 Å². The molecular formula is C15H13F2NO4S. The lowest BCUT2D eigenvalue weighted by Gasteiger charge is -2.19. The molecule has 1 aliphatic rings. The van der Waals surface area contributed by atoms with Crippen molar-refractivity contribution in [1.82, 2.24) is 4.31 Å². The molecule has 8 heteroatoms. The number of benzene rings is 2. The highest BCUT2D eigenvalue weighted by atomic mass is 32.2. The summed E-state index contributed by atoms with van der Waals surface area (Å²) in [6.07, 6.45) is -1.27. The van der Waals surface area contributed by atoms with Crippen molar-refractivity contribution in [2.45, 2.75) is 24.3 Å². The molecule has 0 fully saturated rings. The molecule has 1 aliphatic heterocycles. The van der Waals surface area contributed by atoms with E-state index < -0.39 is 22.9 Å². The summed E-state index contributed by atoms with van der Waals surface area (Å²) in [5.74, 6) is -0.0168. The molecule has 0 saturated carbocycles. The van der Waals surface area contributed by atoms with Crippen molar-refractivity contribution in [2.24, 2.45) is 0 Å². The molecule has 0 radical (unpaired) electrons. The monoisotopic (exact) mass is 341 g/mol. The number of hydrogen-bond donors (Lipinski definition) is 1. The fourth-order valence-electron chi connectivity index (χ4n) is 2.47. The molecule has 2 aromatic carbocycles. The highest BCUT2D eigenvalue weighted by Gasteiger charge is 2.41. The van der Waals surface area contributed by atoms with Gasteiger partial charge in [-0.05, 0) is 23.8 Å². The van der Waals surface area contributed by atoms with E-state index in [0.717, 1.165) is 4.31 Å². The molecule has 1 atom stereocenters. The maximum atomic E-state index is 12.5. The largest absolute Gasteiger partial charge is 0.435 e. The maximum absolute atomic E-state index is 12.5. The Bertz CT molecular complexity index is 808. The standard InChI is InChI=1S/C15H13F2NO4S/c16-15(17)22-11-7-5-10(6-8-11)9-18-14(19)12-3-1-2-4-13(12)23(18,20)21/h1-8,14-15,19H,9H2/t14-/m0/s1. The predicted molar refractivity (Wildman–Crippen MR) is 77.2 cm³/mol. The molecule has 23 heavy (non-hydrogen) atoms. The Labute approximate surface area is 131 Å². The molecule has 0 aliphatic carbocycles. The number of aliphatic hydroxyl groups excluding tert-OH is 1. The van der Waals surface area contributed by atoms with E-state index >= 15 is 0 Å². The Kier molecular flexibility index (Phi) is 4.05. The number of fused-ring (bicyclic) bond motifs is 1. The first-order chi connectivity index (χ1) is 10.9. The van der Waals surface area contributed by atoms with Gasteiger partial charge in [0.2, 0.25) is 10.0 Å². The summed E-state index contributed by atoms with van der Waals surface area (Å²) in [5, 5.41) is 10.2. The summed E-state index contributed by atoms with van der Waals surface area (Å²) in [4.78, 5) is 0.0742. The SMILES string of the molecule is O=S1(=O)c2ccccc2[C@H](O)N1Cc1ccc(OC(F)F)cc1. The van der Waals surface area contributed by atoms with Crippen molar-refractivity contribution in [3.8, 4) is 5.75 Å². The Hall–Kier alpha value is -2.03. The van der Waals surface area contributed by atoms with Crippen LogP contribution < -0.4 is 4.74 Å². The van der Waals surface area contributed by atoms with E-state index in [-0.39, 0.29) is 17.2 Å². The van der Waals surface area contributed by atoms with E-state index in [1.165, 1.54) is 30.3 Å². The topological polar surface area (TPSA) is 66.8 Å². The van der Waals surface area contributed by atoms with Gasteiger partial charge in [0.05, 0.1) is 4.90 Å². The molecule has 3 rings (SSSR count). The van der Waals surface area contributed by atoms with Gasteiger partial charge in [0.25, 0.3) is 0 Å². The third-order valence-corrected chi connectivity index (χ3v) is 5.42. The molecule has 0 spiro atoms. The summed E-state index contributed by atoms with van der Waals surface area (Å²) in [7, 11) is -3.79. The van der Waals surface area contributed by atoms with E-state index in [2.05, 4.69) is 4.74 Å². The number of sulfonamides is 1. The van der Waals surface area contributed by atoms with E-state index in [9.17, 15) is 22.3 Å². The highest BCUT2D eigenvalue weighted by Crippen LogP contribution is 2.38. The molecule has 5 nitrogen and oxygen atoms in total. The van der Waals surface area contributed by atoms with Crippen molar-refractivity contribution < 1.29 is 27.0 Å². The van der Waals surface area contributed by atoms with E-state index in [4.69, 9.17) is 0 Å². The van der Waals surface area contributed by atoms with Gasteiger partial charge in [-0.15, -0.1) is 0 Å². The molecule has 122 valence electrons. The lowest BCUT2D eigenvalue weighted by molar-refractivity contribution is -0.0498. The van der Waals surface area contributed by atoms with Gasteiger partial charge in [-0.25, -0.2) is 8.42 Å². The molecule has 1 N–H and O–H groups in total. The minimum absolute atomic E-state index is 0.0168. The minimum Gasteiger partial charge on any atom is -0.435 e. The third kappa shape index (κ3) is 2.92. The number of alkyl halides is 2. The second kappa shape index (κ2) is 5.88. The second-order valence-electron chi connectivity index (χ2n) is 4.98. The van der Waals surface area contributed by atoms with Crippen LogP contribution >= 0.6 is 0 Å². The van der Waals surface area contributed by atoms with E-state index in [1.807, 2.05) is 0 Å². The lowest BCUT2D eigenvalue weighted by Crippen LogP contribution is -2.27. The number of aliphatic hydroxyl groups is 1. The fraction of sp³-hybridized carbons (Fsp3) is 0.200. The summed E-state index contributed by atoms with van der Waals surface area (Å²) in [6, 6.07) is 11.8. The van der Waals surface area contributed by atoms with Crippen LogP contribution in [0.4, 0.5) is 8.78 Å². The number of halogens is 2. The van der Waals surface area contributed by atoms with Crippen molar-refractivity contribution >= 4 is 10.0 Å². The Morgan fingerprint density at radius 1 is 1.13 bits per heavy atom. The van der Waals surface area contributed by atoms with E-state index in [0.29, 0.717) is 11.1 Å². The zero-order valence-electron chi connectivity index (χ0n) is 11.8. The Balaban J connectivity index is 1.84. The number of nitrogens with zero attached hydrogens (tertiary/aromatic N) is 1. The lowest BCUT2D eigenvalue weighted by atomic mass is 10.2. The first-order valence-corrected chi connectivity index (χ1v) is 8.16. The van der Waals surface area contributed by atoms with Gasteiger partial charge in [-0.1, -0.05) is 30.3 Å². The minimum atomic E-state index is -3.79. The summed E-state index contributed by atoms with van der Waals surface area (Å²) in [5.41, 5.74) is 0.868. The molecule has 2 aromatic rings. The molecule has 0 bridgehead atoms. The first-order valence-electron chi connectivity index (χ1n) is 6.72. The van der Waals surface area contributed by atoms with Crippen LogP contribution in [0, 0.1) is 0 Å². The smallest absolute Gasteiger partial charge is 0.387 e. The van der Waals surface area contributed by atoms with Gasteiger partial charge in [0.15, 0.2) is 0 Å². The molecule has 0 saturated heterocycles. The molecule has 0 unspecified atom stereocenters. The molecular weight excluding hydrogens is 328 g/mol. The second-order valence-corrected chi connectivity index (χ2v) is 6.84. The Morgan fingerprint density at radius 2 is 1.78 bits per heavy atom. The zero-order valence-corrected chi connectivity index (χ0v) is 12.6. The van der Waals surface area contributed by atoms with Crippen LogP contribution in [0.25, 0.3) is 0 Å². The fourth-order valence-corrected chi connectivity index (χ4v) is 4.14. The van der Waals surface area contributed by atoms with Crippen LogP contribution in [0.5, 0.6) is 5.75 Å². The van der Waals surface area contributed by atoms with Crippen LogP contribution in [0.2, 0.25) is 0 Å². The first kappa shape index (κ1) is 15.9. The zero-order chi connectivity index (χ0) is 16.6. The molecule has 0 amide bonds. The van der Waals surface area contributed by atoms with Gasteiger partial charge in [-0.3, -0.25) is 0 Å². The normalized spacial score (nSPS) is 19.7. The summed E-state index contributed by atoms with van der Waals surface area (Å²) in [6.45, 7) is -3.00. The molecule has 0 aromatic heterocycles. The van der Waals surface area contributed by atoms with Crippen LogP contribution in [0.1, 0.15) is 17.4 Å². The number of ether oxygens (including phenoxy) is 1. The van der Waals surface area contributed by atoms with Crippen molar-refractivity contribution in [3.05, 3.63) is 59.7 Å². The predicted octanol–water partition coefficient (Wildman–Crippen LogP) is 2.48. The van der Waals surface area contributed by atoms with Gasteiger partial charge < -0.3 is 9.84 Å². The maximum Gasteiger partial charge on any atom is 0.387 e. The van der Waals surface area contributed by atoms with Gasteiger partial charge in [-0.2, -0.15) is 13.1 Å². The third-order valence-electron chi connectivity index (χ3n) is 3.54. The number of hydrogen-bond acceptors (Lipinski definition) is 4. The van der Waals surface area contributed by atoms with Crippen molar-refractivity contribution in [2.75, 3.05) is 0 Å². The van der Waals surface area contributed by atoms with Gasteiger partial charge in [0.1, 0.15) is 12.0 Å². The van der Waals surface area contributed by atoms with Crippen molar-refractivity contribution in [3.63, 3.8) is 0 Å². The van der Waals surface area contributed by atoms with Crippen LogP contribution in [-0.4, -0.2) is 24.4 Å². The Morgan fingerprint density at radius 3 is 2.39 bits per heavy atom. The quantitative estimate of drug-likeness (QED) is 0.928. The number of rotatable bonds is 4. The van der Waals surface area contributed by atoms with Crippen molar-refractivity contribution in [1.29, 1.82) is 0 Å². The highest BCUT2D eigenvalue weighted by molar-refractivity contribution is 7.89. The van der Waals surface area contributed by atoms with Crippen LogP contribution in [-0.2, 0) is 16.6 Å². The van der Waals surface area contributed by atoms with E-state index in [1.54, 1.807) is 18.2 Å². The molecule has 1 heterocycles. The average Bonchev–Trinajstić information content (AvgIpc) is 2.70. The summed E-state index contributed by atoms with van der Waals surface area (Å²) >= 11 is 0. The van der Waals surface area contributed by atoms with Crippen LogP contribution in [0.3, 0.4) is 0 Å².